The number of hydrogen-bond donors (Lipinski definition) is 1. The molecule has 1 aliphatic rings. The van der Waals surface area contributed by atoms with Crippen molar-refractivity contribution in [3.05, 3.63) is 48.7 Å². The summed E-state index contributed by atoms with van der Waals surface area (Å²) in [5, 5.41) is 8.34. The number of nitrogens with zero attached hydrogens (tertiary/aromatic N) is 2. The lowest BCUT2D eigenvalue weighted by molar-refractivity contribution is -0.126. The molecular weight excluding hydrogens is 214 g/mol. The third-order valence-corrected chi connectivity index (χ3v) is 2.40. The van der Waals surface area contributed by atoms with E-state index < -0.39 is 6.04 Å². The van der Waals surface area contributed by atoms with Crippen LogP contribution in [0.1, 0.15) is 6.42 Å². The summed E-state index contributed by atoms with van der Waals surface area (Å²) < 4.78 is 0. The van der Waals surface area contributed by atoms with Gasteiger partial charge in [-0.1, -0.05) is 24.8 Å². The molecule has 0 saturated carbocycles. The second-order valence-electron chi connectivity index (χ2n) is 3.56. The number of amides is 1. The maximum absolute atomic E-state index is 11.7. The predicted molar refractivity (Wildman–Crippen MR) is 66.5 cm³/mol. The molecule has 1 saturated heterocycles. The summed E-state index contributed by atoms with van der Waals surface area (Å²) in [5.41, 5.74) is 6.39. The van der Waals surface area contributed by atoms with Gasteiger partial charge in [-0.2, -0.15) is 5.26 Å². The quantitative estimate of drug-likeness (QED) is 0.582. The number of allylic oxidation sites excluding steroid dienone is 6. The number of rotatable bonds is 4. The summed E-state index contributed by atoms with van der Waals surface area (Å²) in [5.74, 6) is -0.0768. The SMILES string of the molecule is C=C\C=C(/C=C\C=C\C#N)N1CCC(N)C1=O. The summed E-state index contributed by atoms with van der Waals surface area (Å²) in [6.07, 6.45) is 10.4. The van der Waals surface area contributed by atoms with Gasteiger partial charge in [-0.3, -0.25) is 4.79 Å². The number of likely N-dealkylation sites (tertiary alicyclic amines) is 1. The molecule has 1 heterocycles. The van der Waals surface area contributed by atoms with Crippen LogP contribution in [0.4, 0.5) is 0 Å². The molecule has 0 aromatic rings. The van der Waals surface area contributed by atoms with E-state index >= 15 is 0 Å². The Morgan fingerprint density at radius 1 is 1.59 bits per heavy atom. The predicted octanol–water partition coefficient (Wildman–Crippen LogP) is 1.25. The van der Waals surface area contributed by atoms with Crippen molar-refractivity contribution in [2.75, 3.05) is 6.54 Å². The van der Waals surface area contributed by atoms with E-state index in [4.69, 9.17) is 11.0 Å². The molecule has 4 heteroatoms. The van der Waals surface area contributed by atoms with Gasteiger partial charge < -0.3 is 10.6 Å². The first kappa shape index (κ1) is 12.9. The van der Waals surface area contributed by atoms with Crippen molar-refractivity contribution in [1.29, 1.82) is 5.26 Å². The zero-order chi connectivity index (χ0) is 12.7. The fourth-order valence-electron chi connectivity index (χ4n) is 1.57. The Balaban J connectivity index is 2.81. The third kappa shape index (κ3) is 3.44. The fourth-order valence-corrected chi connectivity index (χ4v) is 1.57. The van der Waals surface area contributed by atoms with Gasteiger partial charge in [-0.15, -0.1) is 0 Å². The van der Waals surface area contributed by atoms with Crippen molar-refractivity contribution in [1.82, 2.24) is 4.90 Å². The van der Waals surface area contributed by atoms with Crippen molar-refractivity contribution in [3.8, 4) is 6.07 Å². The topological polar surface area (TPSA) is 70.1 Å². The van der Waals surface area contributed by atoms with Crippen LogP contribution in [0, 0.1) is 11.3 Å². The zero-order valence-corrected chi connectivity index (χ0v) is 9.54. The molecule has 0 radical (unpaired) electrons. The van der Waals surface area contributed by atoms with Crippen molar-refractivity contribution in [3.63, 3.8) is 0 Å². The van der Waals surface area contributed by atoms with Gasteiger partial charge in [0, 0.05) is 18.3 Å². The van der Waals surface area contributed by atoms with Gasteiger partial charge in [0.05, 0.1) is 12.1 Å². The first-order valence-electron chi connectivity index (χ1n) is 5.33. The molecule has 0 spiro atoms. The Bertz CT molecular complexity index is 426. The van der Waals surface area contributed by atoms with E-state index in [2.05, 4.69) is 6.58 Å². The van der Waals surface area contributed by atoms with E-state index in [1.165, 1.54) is 6.08 Å². The van der Waals surface area contributed by atoms with Gasteiger partial charge in [-0.25, -0.2) is 0 Å². The molecular formula is C13H15N3O. The Morgan fingerprint density at radius 2 is 2.35 bits per heavy atom. The lowest BCUT2D eigenvalue weighted by Gasteiger charge is -2.16. The molecule has 0 bridgehead atoms. The minimum atomic E-state index is -0.411. The summed E-state index contributed by atoms with van der Waals surface area (Å²) in [6, 6.07) is 1.48. The van der Waals surface area contributed by atoms with Crippen molar-refractivity contribution in [2.45, 2.75) is 12.5 Å². The van der Waals surface area contributed by atoms with Crippen LogP contribution in [0.5, 0.6) is 0 Å². The number of carbonyl (C=O) groups excluding carboxylic acids is 1. The van der Waals surface area contributed by atoms with Crippen molar-refractivity contribution < 1.29 is 4.79 Å². The van der Waals surface area contributed by atoms with E-state index in [0.29, 0.717) is 13.0 Å². The lowest BCUT2D eigenvalue weighted by Crippen LogP contribution is -2.33. The monoisotopic (exact) mass is 229 g/mol. The number of nitrogens with two attached hydrogens (primary N) is 1. The van der Waals surface area contributed by atoms with Gasteiger partial charge >= 0.3 is 0 Å². The zero-order valence-electron chi connectivity index (χ0n) is 9.54. The maximum Gasteiger partial charge on any atom is 0.243 e. The number of hydrogen-bond acceptors (Lipinski definition) is 3. The van der Waals surface area contributed by atoms with Crippen LogP contribution in [0.15, 0.2) is 48.7 Å². The molecule has 1 atom stereocenters. The van der Waals surface area contributed by atoms with Crippen LogP contribution in [0.3, 0.4) is 0 Å². The molecule has 1 unspecified atom stereocenters. The smallest absolute Gasteiger partial charge is 0.243 e. The van der Waals surface area contributed by atoms with Crippen LogP contribution in [-0.4, -0.2) is 23.4 Å². The van der Waals surface area contributed by atoms with Gasteiger partial charge in [0.1, 0.15) is 0 Å². The van der Waals surface area contributed by atoms with Crippen LogP contribution < -0.4 is 5.73 Å². The molecule has 88 valence electrons. The Morgan fingerprint density at radius 3 is 2.88 bits per heavy atom. The van der Waals surface area contributed by atoms with Gasteiger partial charge in [0.25, 0.3) is 0 Å². The Labute approximate surface area is 101 Å². The molecule has 0 aliphatic carbocycles. The highest BCUT2D eigenvalue weighted by Crippen LogP contribution is 2.16. The highest BCUT2D eigenvalue weighted by atomic mass is 16.2. The van der Waals surface area contributed by atoms with Gasteiger partial charge in [0.2, 0.25) is 5.91 Å². The maximum atomic E-state index is 11.7. The van der Waals surface area contributed by atoms with E-state index in [-0.39, 0.29) is 5.91 Å². The summed E-state index contributed by atoms with van der Waals surface area (Å²) in [7, 11) is 0. The van der Waals surface area contributed by atoms with Crippen LogP contribution in [0.2, 0.25) is 0 Å². The molecule has 1 fully saturated rings. The summed E-state index contributed by atoms with van der Waals surface area (Å²) >= 11 is 0. The molecule has 4 nitrogen and oxygen atoms in total. The second kappa shape index (κ2) is 6.46. The average molecular weight is 229 g/mol. The molecule has 1 rings (SSSR count). The van der Waals surface area contributed by atoms with Gasteiger partial charge in [-0.05, 0) is 18.6 Å². The minimum Gasteiger partial charge on any atom is -0.320 e. The highest BCUT2D eigenvalue weighted by molar-refractivity contribution is 5.85. The van der Waals surface area contributed by atoms with Crippen LogP contribution in [0.25, 0.3) is 0 Å². The summed E-state index contributed by atoms with van der Waals surface area (Å²) in [4.78, 5) is 13.4. The first-order valence-corrected chi connectivity index (χ1v) is 5.33. The molecule has 0 aromatic heterocycles. The average Bonchev–Trinajstić information content (AvgIpc) is 2.64. The van der Waals surface area contributed by atoms with E-state index in [9.17, 15) is 4.79 Å². The Kier molecular flexibility index (Phi) is 4.92. The largest absolute Gasteiger partial charge is 0.320 e. The Hall–Kier alpha value is -2.12. The molecule has 0 aromatic carbocycles. The normalized spacial score (nSPS) is 21.4. The minimum absolute atomic E-state index is 0.0768. The van der Waals surface area contributed by atoms with Crippen molar-refractivity contribution >= 4 is 5.91 Å². The third-order valence-electron chi connectivity index (χ3n) is 2.40. The lowest BCUT2D eigenvalue weighted by atomic mass is 10.3. The molecule has 2 N–H and O–H groups in total. The molecule has 1 aliphatic heterocycles. The van der Waals surface area contributed by atoms with E-state index in [1.807, 2.05) is 6.07 Å². The van der Waals surface area contributed by atoms with Crippen molar-refractivity contribution in [2.24, 2.45) is 5.73 Å². The standard InChI is InChI=1S/C13H15N3O/c1-2-6-11(7-4-3-5-9-14)16-10-8-12(15)13(16)17/h2-7,12H,1,8,10,15H2/b5-3+,7-4-,11-6+. The summed E-state index contributed by atoms with van der Waals surface area (Å²) in [6.45, 7) is 4.23. The van der Waals surface area contributed by atoms with E-state index in [1.54, 1.807) is 35.3 Å². The highest BCUT2D eigenvalue weighted by Gasteiger charge is 2.29. The molecule has 17 heavy (non-hydrogen) atoms. The van der Waals surface area contributed by atoms with Crippen LogP contribution >= 0.6 is 0 Å². The fraction of sp³-hybridized carbons (Fsp3) is 0.231. The van der Waals surface area contributed by atoms with Crippen LogP contribution in [-0.2, 0) is 4.79 Å². The van der Waals surface area contributed by atoms with E-state index in [0.717, 1.165) is 5.70 Å². The first-order chi connectivity index (χ1) is 8.20. The number of carbonyl (C=O) groups is 1. The molecule has 1 amide bonds. The number of nitriles is 1. The second-order valence-corrected chi connectivity index (χ2v) is 3.56. The van der Waals surface area contributed by atoms with Gasteiger partial charge in [0.15, 0.2) is 0 Å².